The molecule has 25 heavy (non-hydrogen) atoms. The molecule has 4 rings (SSSR count). The molecule has 4 nitrogen and oxygen atoms in total. The fraction of sp³-hybridized carbons (Fsp3) is 0.350. The Hall–Kier alpha value is -2.56. The predicted molar refractivity (Wildman–Crippen MR) is 95.5 cm³/mol. The van der Waals surface area contributed by atoms with Crippen LogP contribution in [0.2, 0.25) is 0 Å². The summed E-state index contributed by atoms with van der Waals surface area (Å²) < 4.78 is 20.4. The highest BCUT2D eigenvalue weighted by molar-refractivity contribution is 5.94. The van der Waals surface area contributed by atoms with E-state index in [2.05, 4.69) is 30.5 Å². The Kier molecular flexibility index (Phi) is 3.67. The first-order chi connectivity index (χ1) is 11.9. The molecule has 1 amide bonds. The quantitative estimate of drug-likeness (QED) is 0.887. The number of nitrogens with one attached hydrogen (secondary N) is 2. The van der Waals surface area contributed by atoms with Crippen LogP contribution in [0.5, 0.6) is 5.75 Å². The summed E-state index contributed by atoms with van der Waals surface area (Å²) in [4.78, 5) is 11.4. The Morgan fingerprint density at radius 1 is 1.24 bits per heavy atom. The van der Waals surface area contributed by atoms with Crippen molar-refractivity contribution in [2.24, 2.45) is 0 Å². The number of fused-ring (bicyclic) bond motifs is 2. The molecule has 0 aliphatic carbocycles. The van der Waals surface area contributed by atoms with Gasteiger partial charge in [-0.15, -0.1) is 0 Å². The Balaban J connectivity index is 1.56. The third-order valence-corrected chi connectivity index (χ3v) is 4.73. The van der Waals surface area contributed by atoms with Gasteiger partial charge in [-0.05, 0) is 43.5 Å². The number of aryl methyl sites for hydroxylation is 1. The molecule has 0 saturated heterocycles. The molecule has 0 fully saturated rings. The van der Waals surface area contributed by atoms with E-state index in [0.717, 1.165) is 23.3 Å². The van der Waals surface area contributed by atoms with Gasteiger partial charge in [0.25, 0.3) is 0 Å². The number of anilines is 2. The van der Waals surface area contributed by atoms with E-state index in [0.29, 0.717) is 30.8 Å². The number of carbonyl (C=O) groups is 1. The summed E-state index contributed by atoms with van der Waals surface area (Å²) in [5.41, 5.74) is 3.99. The van der Waals surface area contributed by atoms with E-state index < -0.39 is 0 Å². The number of rotatable bonds is 3. The SMILES string of the molecule is CC1(C)Cc2cccc(CNc3cc4c(cc3F)NC(=O)CC4)c2O1. The van der Waals surface area contributed by atoms with Crippen molar-refractivity contribution >= 4 is 17.3 Å². The first-order valence-corrected chi connectivity index (χ1v) is 8.57. The molecule has 0 bridgehead atoms. The van der Waals surface area contributed by atoms with E-state index in [1.165, 1.54) is 11.6 Å². The normalized spacial score (nSPS) is 17.3. The molecule has 2 N–H and O–H groups in total. The van der Waals surface area contributed by atoms with Crippen LogP contribution < -0.4 is 15.4 Å². The molecular weight excluding hydrogens is 319 g/mol. The van der Waals surface area contributed by atoms with Gasteiger partial charge in [-0.25, -0.2) is 4.39 Å². The Labute approximate surface area is 146 Å². The standard InChI is InChI=1S/C20H21FN2O2/c1-20(2)10-13-4-3-5-14(19(13)25-20)11-22-17-8-12-6-7-18(24)23-16(12)9-15(17)21/h3-5,8-9,22H,6-7,10-11H2,1-2H3,(H,23,24). The number of hydrogen-bond donors (Lipinski definition) is 2. The molecule has 2 heterocycles. The van der Waals surface area contributed by atoms with Crippen LogP contribution in [0.15, 0.2) is 30.3 Å². The van der Waals surface area contributed by atoms with Gasteiger partial charge in [-0.3, -0.25) is 4.79 Å². The van der Waals surface area contributed by atoms with Crippen molar-refractivity contribution in [3.63, 3.8) is 0 Å². The molecule has 2 aromatic rings. The zero-order chi connectivity index (χ0) is 17.6. The summed E-state index contributed by atoms with van der Waals surface area (Å²) in [5.74, 6) is 0.479. The summed E-state index contributed by atoms with van der Waals surface area (Å²) in [6, 6.07) is 9.28. The number of carbonyl (C=O) groups excluding carboxylic acids is 1. The highest BCUT2D eigenvalue weighted by atomic mass is 19.1. The topological polar surface area (TPSA) is 50.4 Å². The molecule has 0 aromatic heterocycles. The van der Waals surface area contributed by atoms with Crippen LogP contribution in [0, 0.1) is 5.82 Å². The van der Waals surface area contributed by atoms with Gasteiger partial charge >= 0.3 is 0 Å². The van der Waals surface area contributed by atoms with E-state index in [1.54, 1.807) is 6.07 Å². The Morgan fingerprint density at radius 2 is 2.08 bits per heavy atom. The number of amides is 1. The van der Waals surface area contributed by atoms with Crippen LogP contribution in [0.1, 0.15) is 37.0 Å². The highest BCUT2D eigenvalue weighted by Crippen LogP contribution is 2.38. The minimum Gasteiger partial charge on any atom is -0.487 e. The lowest BCUT2D eigenvalue weighted by atomic mass is 10.0. The highest BCUT2D eigenvalue weighted by Gasteiger charge is 2.31. The van der Waals surface area contributed by atoms with E-state index in [4.69, 9.17) is 4.74 Å². The van der Waals surface area contributed by atoms with Crippen molar-refractivity contribution < 1.29 is 13.9 Å². The molecule has 130 valence electrons. The molecule has 5 heteroatoms. The lowest BCUT2D eigenvalue weighted by Gasteiger charge is -2.20. The fourth-order valence-electron chi connectivity index (χ4n) is 3.55. The average Bonchev–Trinajstić information content (AvgIpc) is 2.87. The fourth-order valence-corrected chi connectivity index (χ4v) is 3.55. The number of benzene rings is 2. The minimum atomic E-state index is -0.366. The smallest absolute Gasteiger partial charge is 0.224 e. The molecular formula is C20H21FN2O2. The molecule has 2 aliphatic heterocycles. The largest absolute Gasteiger partial charge is 0.487 e. The van der Waals surface area contributed by atoms with Crippen LogP contribution in [0.25, 0.3) is 0 Å². The number of hydrogen-bond acceptors (Lipinski definition) is 3. The second kappa shape index (κ2) is 5.76. The van der Waals surface area contributed by atoms with Crippen LogP contribution in [0.4, 0.5) is 15.8 Å². The molecule has 2 aromatic carbocycles. The number of ether oxygens (including phenoxy) is 1. The van der Waals surface area contributed by atoms with Gasteiger partial charge in [0.15, 0.2) is 0 Å². The average molecular weight is 340 g/mol. The van der Waals surface area contributed by atoms with Crippen molar-refractivity contribution in [1.29, 1.82) is 0 Å². The predicted octanol–water partition coefficient (Wildman–Crippen LogP) is 4.04. The zero-order valence-electron chi connectivity index (χ0n) is 14.4. The van der Waals surface area contributed by atoms with Crippen LogP contribution in [-0.4, -0.2) is 11.5 Å². The van der Waals surface area contributed by atoms with E-state index in [-0.39, 0.29) is 17.3 Å². The van der Waals surface area contributed by atoms with Crippen molar-refractivity contribution in [3.05, 3.63) is 52.8 Å². The molecule has 0 unspecified atom stereocenters. The molecule has 0 radical (unpaired) electrons. The van der Waals surface area contributed by atoms with Gasteiger partial charge in [0.2, 0.25) is 5.91 Å². The first kappa shape index (κ1) is 15.9. The summed E-state index contributed by atoms with van der Waals surface area (Å²) in [7, 11) is 0. The summed E-state index contributed by atoms with van der Waals surface area (Å²) >= 11 is 0. The monoisotopic (exact) mass is 340 g/mol. The molecule has 0 spiro atoms. The van der Waals surface area contributed by atoms with E-state index in [9.17, 15) is 9.18 Å². The van der Waals surface area contributed by atoms with E-state index in [1.807, 2.05) is 12.1 Å². The van der Waals surface area contributed by atoms with Crippen LogP contribution >= 0.6 is 0 Å². The van der Waals surface area contributed by atoms with Gasteiger partial charge in [0.05, 0.1) is 5.69 Å². The minimum absolute atomic E-state index is 0.0628. The lowest BCUT2D eigenvalue weighted by molar-refractivity contribution is -0.116. The number of halogens is 1. The third-order valence-electron chi connectivity index (χ3n) is 4.73. The number of para-hydroxylation sites is 1. The zero-order valence-corrected chi connectivity index (χ0v) is 14.4. The van der Waals surface area contributed by atoms with Crippen molar-refractivity contribution in [3.8, 4) is 5.75 Å². The maximum atomic E-state index is 14.4. The van der Waals surface area contributed by atoms with Gasteiger partial charge < -0.3 is 15.4 Å². The van der Waals surface area contributed by atoms with Gasteiger partial charge in [-0.2, -0.15) is 0 Å². The second-order valence-electron chi connectivity index (χ2n) is 7.33. The maximum Gasteiger partial charge on any atom is 0.224 e. The third kappa shape index (κ3) is 3.06. The first-order valence-electron chi connectivity index (χ1n) is 8.57. The summed E-state index contributed by atoms with van der Waals surface area (Å²) in [6.07, 6.45) is 1.95. The summed E-state index contributed by atoms with van der Waals surface area (Å²) in [5, 5.41) is 5.90. The van der Waals surface area contributed by atoms with E-state index >= 15 is 0 Å². The molecule has 0 atom stereocenters. The Morgan fingerprint density at radius 3 is 2.92 bits per heavy atom. The maximum absolute atomic E-state index is 14.4. The van der Waals surface area contributed by atoms with Crippen molar-refractivity contribution in [1.82, 2.24) is 0 Å². The summed E-state index contributed by atoms with van der Waals surface area (Å²) in [6.45, 7) is 4.63. The van der Waals surface area contributed by atoms with Crippen molar-refractivity contribution in [2.45, 2.75) is 45.3 Å². The van der Waals surface area contributed by atoms with Gasteiger partial charge in [0, 0.05) is 30.6 Å². The molecule has 0 saturated carbocycles. The second-order valence-corrected chi connectivity index (χ2v) is 7.33. The molecule has 2 aliphatic rings. The lowest BCUT2D eigenvalue weighted by Crippen LogP contribution is -2.25. The van der Waals surface area contributed by atoms with Gasteiger partial charge in [0.1, 0.15) is 17.2 Å². The van der Waals surface area contributed by atoms with Crippen LogP contribution in [-0.2, 0) is 24.2 Å². The Bertz CT molecular complexity index is 861. The van der Waals surface area contributed by atoms with Crippen molar-refractivity contribution in [2.75, 3.05) is 10.6 Å². The van der Waals surface area contributed by atoms with Crippen LogP contribution in [0.3, 0.4) is 0 Å². The van der Waals surface area contributed by atoms with Gasteiger partial charge in [-0.1, -0.05) is 18.2 Å².